The number of hydrogen-bond donors (Lipinski definition) is 3. The van der Waals surface area contributed by atoms with E-state index in [1.807, 2.05) is 20.9 Å². The Balaban J connectivity index is 0.000000199. The number of benzene rings is 1. The van der Waals surface area contributed by atoms with Crippen molar-refractivity contribution in [3.05, 3.63) is 53.6 Å². The molecule has 0 spiro atoms. The number of aromatic amines is 1. The van der Waals surface area contributed by atoms with E-state index < -0.39 is 0 Å². The second-order valence-corrected chi connectivity index (χ2v) is 5.85. The molecule has 142 valence electrons. The van der Waals surface area contributed by atoms with Crippen LogP contribution in [0.5, 0.6) is 0 Å². The molecule has 0 saturated heterocycles. The van der Waals surface area contributed by atoms with Crippen LogP contribution >= 0.6 is 0 Å². The van der Waals surface area contributed by atoms with Crippen LogP contribution in [-0.4, -0.2) is 45.8 Å². The number of carbonyl (C=O) groups excluding carboxylic acids is 2. The molecule has 0 aliphatic rings. The normalized spacial score (nSPS) is 9.93. The summed E-state index contributed by atoms with van der Waals surface area (Å²) in [6.07, 6.45) is 2.16. The number of H-pyrrole nitrogens is 1. The minimum Gasteiger partial charge on any atom is -0.388 e. The first-order valence-electron chi connectivity index (χ1n) is 8.47. The highest BCUT2D eigenvalue weighted by atomic mass is 16.2. The topological polar surface area (TPSA) is 105 Å². The molecule has 1 amide bonds. The van der Waals surface area contributed by atoms with Crippen molar-refractivity contribution in [3.63, 3.8) is 0 Å². The molecule has 0 atom stereocenters. The van der Waals surface area contributed by atoms with Gasteiger partial charge in [-0.05, 0) is 37.6 Å². The van der Waals surface area contributed by atoms with Gasteiger partial charge < -0.3 is 15.4 Å². The molecule has 8 nitrogen and oxygen atoms in total. The first-order chi connectivity index (χ1) is 13.0. The predicted molar refractivity (Wildman–Crippen MR) is 105 cm³/mol. The number of rotatable bonds is 5. The summed E-state index contributed by atoms with van der Waals surface area (Å²) in [4.78, 5) is 21.1. The third kappa shape index (κ3) is 5.04. The highest BCUT2D eigenvalue weighted by Gasteiger charge is 2.08. The van der Waals surface area contributed by atoms with Gasteiger partial charge in [0.25, 0.3) is 5.91 Å². The highest BCUT2D eigenvalue weighted by Crippen LogP contribution is 2.26. The minimum atomic E-state index is -0.290. The quantitative estimate of drug-likeness (QED) is 0.598. The average molecular weight is 368 g/mol. The number of anilines is 1. The average Bonchev–Trinajstić information content (AvgIpc) is 3.25. The van der Waals surface area contributed by atoms with Crippen LogP contribution in [0.2, 0.25) is 0 Å². The van der Waals surface area contributed by atoms with Crippen LogP contribution in [0.25, 0.3) is 11.1 Å². The SMILES string of the molecule is CNc1ccc(-c2c(C)n[nH]c2C)cc1.Cn1nccc1C(=O)NCC=O. The summed E-state index contributed by atoms with van der Waals surface area (Å²) in [6.45, 7) is 4.09. The van der Waals surface area contributed by atoms with Crippen molar-refractivity contribution >= 4 is 17.9 Å². The Morgan fingerprint density at radius 2 is 1.93 bits per heavy atom. The summed E-state index contributed by atoms with van der Waals surface area (Å²) in [6, 6.07) is 9.94. The van der Waals surface area contributed by atoms with Gasteiger partial charge in [0.2, 0.25) is 0 Å². The first-order valence-corrected chi connectivity index (χ1v) is 8.47. The molecule has 2 heterocycles. The molecule has 1 aromatic carbocycles. The summed E-state index contributed by atoms with van der Waals surface area (Å²) >= 11 is 0. The lowest BCUT2D eigenvalue weighted by Gasteiger charge is -2.03. The smallest absolute Gasteiger partial charge is 0.269 e. The first kappa shape index (κ1) is 19.9. The van der Waals surface area contributed by atoms with Crippen LogP contribution < -0.4 is 10.6 Å². The van der Waals surface area contributed by atoms with Crippen LogP contribution in [0.15, 0.2) is 36.5 Å². The minimum absolute atomic E-state index is 0.0318. The van der Waals surface area contributed by atoms with Gasteiger partial charge in [0.15, 0.2) is 0 Å². The molecule has 0 unspecified atom stereocenters. The molecule has 27 heavy (non-hydrogen) atoms. The fourth-order valence-corrected chi connectivity index (χ4v) is 2.60. The van der Waals surface area contributed by atoms with E-state index in [2.05, 4.69) is 50.2 Å². The second-order valence-electron chi connectivity index (χ2n) is 5.85. The number of carbonyl (C=O) groups is 2. The Labute approximate surface area is 158 Å². The van der Waals surface area contributed by atoms with E-state index in [0.717, 1.165) is 17.1 Å². The molecule has 0 aliphatic carbocycles. The van der Waals surface area contributed by atoms with Crippen molar-refractivity contribution in [2.24, 2.45) is 7.05 Å². The van der Waals surface area contributed by atoms with E-state index in [-0.39, 0.29) is 12.5 Å². The Kier molecular flexibility index (Phi) is 6.87. The fraction of sp³-hybridized carbons (Fsp3) is 0.263. The maximum Gasteiger partial charge on any atom is 0.269 e. The zero-order valence-corrected chi connectivity index (χ0v) is 15.9. The Bertz CT molecular complexity index is 876. The van der Waals surface area contributed by atoms with Gasteiger partial charge >= 0.3 is 0 Å². The van der Waals surface area contributed by atoms with Crippen molar-refractivity contribution in [2.45, 2.75) is 13.8 Å². The van der Waals surface area contributed by atoms with E-state index in [9.17, 15) is 9.59 Å². The van der Waals surface area contributed by atoms with E-state index in [4.69, 9.17) is 0 Å². The third-order valence-electron chi connectivity index (χ3n) is 3.99. The molecule has 0 fully saturated rings. The van der Waals surface area contributed by atoms with Crippen LogP contribution in [0.4, 0.5) is 5.69 Å². The Hall–Kier alpha value is -3.42. The van der Waals surface area contributed by atoms with Crippen LogP contribution in [0.1, 0.15) is 21.9 Å². The zero-order valence-electron chi connectivity index (χ0n) is 15.9. The van der Waals surface area contributed by atoms with Crippen LogP contribution in [-0.2, 0) is 11.8 Å². The van der Waals surface area contributed by atoms with Gasteiger partial charge in [0, 0.05) is 37.2 Å². The molecule has 3 rings (SSSR count). The maximum atomic E-state index is 11.2. The number of amides is 1. The lowest BCUT2D eigenvalue weighted by molar-refractivity contribution is -0.107. The number of hydrogen-bond acceptors (Lipinski definition) is 5. The summed E-state index contributed by atoms with van der Waals surface area (Å²) in [7, 11) is 3.58. The number of aldehydes is 1. The van der Waals surface area contributed by atoms with Gasteiger partial charge in [-0.15, -0.1) is 0 Å². The van der Waals surface area contributed by atoms with E-state index in [0.29, 0.717) is 12.0 Å². The van der Waals surface area contributed by atoms with Crippen molar-refractivity contribution < 1.29 is 9.59 Å². The Morgan fingerprint density at radius 1 is 1.22 bits per heavy atom. The molecule has 3 N–H and O–H groups in total. The molecule has 2 aromatic heterocycles. The molecule has 8 heteroatoms. The largest absolute Gasteiger partial charge is 0.388 e. The number of nitrogens with zero attached hydrogens (tertiary/aromatic N) is 3. The summed E-state index contributed by atoms with van der Waals surface area (Å²) in [5, 5.41) is 16.5. The van der Waals surface area contributed by atoms with Gasteiger partial charge in [-0.2, -0.15) is 10.2 Å². The van der Waals surface area contributed by atoms with Crippen molar-refractivity contribution in [1.29, 1.82) is 0 Å². The summed E-state index contributed by atoms with van der Waals surface area (Å²) in [5.74, 6) is -0.290. The van der Waals surface area contributed by atoms with Gasteiger partial charge in [0.1, 0.15) is 12.0 Å². The molecule has 0 saturated carbocycles. The molecule has 3 aromatic rings. The van der Waals surface area contributed by atoms with Gasteiger partial charge in [-0.25, -0.2) is 0 Å². The van der Waals surface area contributed by atoms with Gasteiger partial charge in [0.05, 0.1) is 12.2 Å². The summed E-state index contributed by atoms with van der Waals surface area (Å²) < 4.78 is 1.44. The van der Waals surface area contributed by atoms with Crippen molar-refractivity contribution in [2.75, 3.05) is 18.9 Å². The van der Waals surface area contributed by atoms with E-state index in [1.54, 1.807) is 13.1 Å². The molecular weight excluding hydrogens is 344 g/mol. The fourth-order valence-electron chi connectivity index (χ4n) is 2.60. The van der Waals surface area contributed by atoms with Gasteiger partial charge in [-0.3, -0.25) is 14.6 Å². The summed E-state index contributed by atoms with van der Waals surface area (Å²) in [5.41, 5.74) is 6.14. The van der Waals surface area contributed by atoms with Crippen LogP contribution in [0, 0.1) is 13.8 Å². The maximum absolute atomic E-state index is 11.2. The molecule has 0 radical (unpaired) electrons. The number of nitrogens with one attached hydrogen (secondary N) is 3. The Morgan fingerprint density at radius 3 is 2.41 bits per heavy atom. The lowest BCUT2D eigenvalue weighted by Crippen LogP contribution is -2.27. The molecule has 0 bridgehead atoms. The van der Waals surface area contributed by atoms with Gasteiger partial charge in [-0.1, -0.05) is 12.1 Å². The predicted octanol–water partition coefficient (Wildman–Crippen LogP) is 2.08. The zero-order chi connectivity index (χ0) is 19.8. The number of aryl methyl sites for hydroxylation is 3. The number of aromatic nitrogens is 4. The molecular formula is C19H24N6O2. The second kappa shape index (κ2) is 9.33. The van der Waals surface area contributed by atoms with Crippen molar-refractivity contribution in [1.82, 2.24) is 25.3 Å². The van der Waals surface area contributed by atoms with Crippen LogP contribution in [0.3, 0.4) is 0 Å². The third-order valence-corrected chi connectivity index (χ3v) is 3.99. The standard InChI is InChI=1S/C12H15N3.C7H9N3O2/c1-8-12(9(2)15-14-8)10-4-6-11(13-3)7-5-10;1-10-6(2-3-9-10)7(12)8-4-5-11/h4-7,13H,1-3H3,(H,14,15);2-3,5H,4H2,1H3,(H,8,12). The molecule has 0 aliphatic heterocycles. The van der Waals surface area contributed by atoms with E-state index in [1.165, 1.54) is 22.0 Å². The highest BCUT2D eigenvalue weighted by molar-refractivity contribution is 5.93. The van der Waals surface area contributed by atoms with Crippen molar-refractivity contribution in [3.8, 4) is 11.1 Å². The monoisotopic (exact) mass is 368 g/mol. The van der Waals surface area contributed by atoms with E-state index >= 15 is 0 Å². The lowest BCUT2D eigenvalue weighted by atomic mass is 10.0.